The van der Waals surface area contributed by atoms with E-state index in [2.05, 4.69) is 5.32 Å². The topological polar surface area (TPSA) is 49.4 Å². The summed E-state index contributed by atoms with van der Waals surface area (Å²) in [5, 5.41) is 2.80. The number of likely N-dealkylation sites (N-methyl/N-ethyl adjacent to an activating group) is 1. The smallest absolute Gasteiger partial charge is 0.234 e. The molecule has 0 aliphatic carbocycles. The Morgan fingerprint density at radius 2 is 2.00 bits per heavy atom. The molecule has 0 saturated heterocycles. The van der Waals surface area contributed by atoms with Gasteiger partial charge in [-0.3, -0.25) is 14.5 Å². The van der Waals surface area contributed by atoms with Crippen molar-refractivity contribution in [2.75, 3.05) is 20.1 Å². The molecule has 1 aromatic heterocycles. The molecule has 0 unspecified atom stereocenters. The van der Waals surface area contributed by atoms with E-state index in [-0.39, 0.29) is 30.8 Å². The van der Waals surface area contributed by atoms with Crippen molar-refractivity contribution >= 4 is 23.0 Å². The molecule has 1 N–H and O–H groups in total. The summed E-state index contributed by atoms with van der Waals surface area (Å²) < 4.78 is 0. The number of carbonyl (C=O) groups excluding carboxylic acids is 2. The highest BCUT2D eigenvalue weighted by Crippen LogP contribution is 2.15. The van der Waals surface area contributed by atoms with Crippen molar-refractivity contribution in [2.24, 2.45) is 0 Å². The third-order valence-corrected chi connectivity index (χ3v) is 3.33. The molecular weight excluding hydrogens is 248 g/mol. The highest BCUT2D eigenvalue weighted by atomic mass is 32.1. The van der Waals surface area contributed by atoms with Crippen molar-refractivity contribution in [2.45, 2.75) is 26.8 Å². The van der Waals surface area contributed by atoms with Crippen LogP contribution in [0.2, 0.25) is 0 Å². The minimum atomic E-state index is -0.0531. The van der Waals surface area contributed by atoms with Gasteiger partial charge in [0.2, 0.25) is 5.91 Å². The minimum Gasteiger partial charge on any atom is -0.353 e. The van der Waals surface area contributed by atoms with Gasteiger partial charge in [-0.15, -0.1) is 11.3 Å². The predicted molar refractivity (Wildman–Crippen MR) is 74.2 cm³/mol. The van der Waals surface area contributed by atoms with Crippen molar-refractivity contribution in [3.8, 4) is 0 Å². The fraction of sp³-hybridized carbons (Fsp3) is 0.538. The number of thiophene rings is 1. The maximum absolute atomic E-state index is 11.9. The summed E-state index contributed by atoms with van der Waals surface area (Å²) in [6, 6.07) is 3.90. The molecule has 0 saturated carbocycles. The van der Waals surface area contributed by atoms with Crippen LogP contribution in [0, 0.1) is 6.92 Å². The molecule has 0 aliphatic rings. The second-order valence-corrected chi connectivity index (χ2v) is 6.02. The maximum Gasteiger partial charge on any atom is 0.234 e. The van der Waals surface area contributed by atoms with E-state index in [0.29, 0.717) is 0 Å². The van der Waals surface area contributed by atoms with Gasteiger partial charge in [0.1, 0.15) is 0 Å². The molecule has 100 valence electrons. The van der Waals surface area contributed by atoms with E-state index in [4.69, 9.17) is 0 Å². The van der Waals surface area contributed by atoms with E-state index in [9.17, 15) is 9.59 Å². The molecule has 0 spiro atoms. The Morgan fingerprint density at radius 1 is 1.33 bits per heavy atom. The van der Waals surface area contributed by atoms with Crippen LogP contribution in [0.4, 0.5) is 0 Å². The van der Waals surface area contributed by atoms with Crippen LogP contribution < -0.4 is 5.32 Å². The maximum atomic E-state index is 11.9. The lowest BCUT2D eigenvalue weighted by Crippen LogP contribution is -2.40. The molecule has 0 atom stereocenters. The monoisotopic (exact) mass is 268 g/mol. The minimum absolute atomic E-state index is 0.0531. The number of hydrogen-bond donors (Lipinski definition) is 1. The van der Waals surface area contributed by atoms with Gasteiger partial charge in [-0.1, -0.05) is 0 Å². The van der Waals surface area contributed by atoms with Crippen molar-refractivity contribution in [1.29, 1.82) is 0 Å². The Hall–Kier alpha value is -1.20. The number of aryl methyl sites for hydroxylation is 1. The number of amides is 1. The van der Waals surface area contributed by atoms with E-state index in [1.165, 1.54) is 11.3 Å². The lowest BCUT2D eigenvalue weighted by molar-refractivity contribution is -0.122. The lowest BCUT2D eigenvalue weighted by atomic mass is 10.3. The van der Waals surface area contributed by atoms with E-state index >= 15 is 0 Å². The van der Waals surface area contributed by atoms with Crippen LogP contribution in [0.25, 0.3) is 0 Å². The van der Waals surface area contributed by atoms with Crippen molar-refractivity contribution in [3.63, 3.8) is 0 Å². The van der Waals surface area contributed by atoms with Gasteiger partial charge in [-0.2, -0.15) is 0 Å². The number of hydrogen-bond acceptors (Lipinski definition) is 4. The number of nitrogens with zero attached hydrogens (tertiary/aromatic N) is 1. The first-order valence-electron chi connectivity index (χ1n) is 5.96. The molecule has 1 aromatic rings. The molecule has 0 fully saturated rings. The number of ketones is 1. The molecule has 18 heavy (non-hydrogen) atoms. The van der Waals surface area contributed by atoms with Gasteiger partial charge in [0.15, 0.2) is 5.78 Å². The Labute approximate surface area is 112 Å². The van der Waals surface area contributed by atoms with E-state index < -0.39 is 0 Å². The summed E-state index contributed by atoms with van der Waals surface area (Å²) in [7, 11) is 1.78. The average molecular weight is 268 g/mol. The largest absolute Gasteiger partial charge is 0.353 e. The van der Waals surface area contributed by atoms with Crippen LogP contribution >= 0.6 is 11.3 Å². The standard InChI is InChI=1S/C13H20N2O2S/c1-9(2)14-13(17)8-15(4)7-11(16)12-6-5-10(3)18-12/h5-6,9H,7-8H2,1-4H3,(H,14,17). The van der Waals surface area contributed by atoms with Crippen molar-refractivity contribution in [1.82, 2.24) is 10.2 Å². The predicted octanol–water partition coefficient (Wildman–Crippen LogP) is 1.70. The van der Waals surface area contributed by atoms with Gasteiger partial charge in [0.25, 0.3) is 0 Å². The molecule has 1 amide bonds. The molecular formula is C13H20N2O2S. The summed E-state index contributed by atoms with van der Waals surface area (Å²) in [6.07, 6.45) is 0. The molecule has 0 radical (unpaired) electrons. The zero-order chi connectivity index (χ0) is 13.7. The summed E-state index contributed by atoms with van der Waals surface area (Å²) in [4.78, 5) is 27.0. The average Bonchev–Trinajstić information content (AvgIpc) is 2.62. The van der Waals surface area contributed by atoms with Crippen LogP contribution in [0.5, 0.6) is 0 Å². The molecule has 1 rings (SSSR count). The fourth-order valence-corrected chi connectivity index (χ4v) is 2.37. The van der Waals surface area contributed by atoms with Gasteiger partial charge in [0.05, 0.1) is 18.0 Å². The van der Waals surface area contributed by atoms with Gasteiger partial charge >= 0.3 is 0 Å². The fourth-order valence-electron chi connectivity index (χ4n) is 1.58. The number of rotatable bonds is 6. The first-order valence-corrected chi connectivity index (χ1v) is 6.77. The first-order chi connectivity index (χ1) is 8.38. The van der Waals surface area contributed by atoms with Gasteiger partial charge in [-0.25, -0.2) is 0 Å². The highest BCUT2D eigenvalue weighted by molar-refractivity contribution is 7.14. The van der Waals surface area contributed by atoms with E-state index in [1.54, 1.807) is 11.9 Å². The lowest BCUT2D eigenvalue weighted by Gasteiger charge is -2.16. The van der Waals surface area contributed by atoms with Gasteiger partial charge in [-0.05, 0) is 40.0 Å². The van der Waals surface area contributed by atoms with Crippen LogP contribution in [-0.4, -0.2) is 42.8 Å². The van der Waals surface area contributed by atoms with Crippen LogP contribution in [0.15, 0.2) is 12.1 Å². The number of carbonyl (C=O) groups is 2. The van der Waals surface area contributed by atoms with E-state index in [0.717, 1.165) is 9.75 Å². The SMILES string of the molecule is Cc1ccc(C(=O)CN(C)CC(=O)NC(C)C)s1. The van der Waals surface area contributed by atoms with Crippen LogP contribution in [-0.2, 0) is 4.79 Å². The zero-order valence-corrected chi connectivity index (χ0v) is 12.1. The Bertz CT molecular complexity index is 426. The second-order valence-electron chi connectivity index (χ2n) is 4.73. The van der Waals surface area contributed by atoms with E-state index in [1.807, 2.05) is 32.9 Å². The summed E-state index contributed by atoms with van der Waals surface area (Å²) in [6.45, 7) is 6.32. The van der Waals surface area contributed by atoms with Gasteiger partial charge < -0.3 is 5.32 Å². The molecule has 0 aliphatic heterocycles. The van der Waals surface area contributed by atoms with Crippen LogP contribution in [0.3, 0.4) is 0 Å². The quantitative estimate of drug-likeness (QED) is 0.799. The van der Waals surface area contributed by atoms with Crippen molar-refractivity contribution in [3.05, 3.63) is 21.9 Å². The van der Waals surface area contributed by atoms with Gasteiger partial charge in [0, 0.05) is 10.9 Å². The highest BCUT2D eigenvalue weighted by Gasteiger charge is 2.13. The Balaban J connectivity index is 2.42. The van der Waals surface area contributed by atoms with Crippen LogP contribution in [0.1, 0.15) is 28.4 Å². The molecule has 1 heterocycles. The molecule has 0 bridgehead atoms. The number of nitrogens with one attached hydrogen (secondary N) is 1. The third-order valence-electron chi connectivity index (χ3n) is 2.29. The molecule has 5 heteroatoms. The number of Topliss-reactive ketones (excluding diaryl/α,β-unsaturated/α-hetero) is 1. The zero-order valence-electron chi connectivity index (χ0n) is 11.3. The Kier molecular flexibility index (Phi) is 5.50. The Morgan fingerprint density at radius 3 is 2.50 bits per heavy atom. The summed E-state index contributed by atoms with van der Waals surface area (Å²) in [5.74, 6) is 0.00982. The third kappa shape index (κ3) is 4.98. The van der Waals surface area contributed by atoms with Crippen molar-refractivity contribution < 1.29 is 9.59 Å². The summed E-state index contributed by atoms with van der Waals surface area (Å²) in [5.41, 5.74) is 0. The normalized spacial score (nSPS) is 11.0. The summed E-state index contributed by atoms with van der Waals surface area (Å²) >= 11 is 1.49. The first kappa shape index (κ1) is 14.9. The second kappa shape index (κ2) is 6.66. The molecule has 0 aromatic carbocycles. The molecule has 4 nitrogen and oxygen atoms in total.